The minimum Gasteiger partial charge on any atom is -0.790 e. The molecular formula is C10H11N4O8P-2. The molecule has 3 rings (SSSR count). The second kappa shape index (κ2) is 5.76. The summed E-state index contributed by atoms with van der Waals surface area (Å²) < 4.78 is 21.1. The van der Waals surface area contributed by atoms with Gasteiger partial charge in [-0.1, -0.05) is 0 Å². The number of imidazole rings is 1. The Bertz CT molecular complexity index is 815. The van der Waals surface area contributed by atoms with Crippen molar-refractivity contribution in [2.75, 3.05) is 6.61 Å². The molecule has 13 heteroatoms. The van der Waals surface area contributed by atoms with Crippen molar-refractivity contribution >= 4 is 19.0 Å². The molecule has 23 heavy (non-hydrogen) atoms. The summed E-state index contributed by atoms with van der Waals surface area (Å²) in [5.41, 5.74) is -0.397. The highest BCUT2D eigenvalue weighted by Gasteiger charge is 2.44. The Kier molecular flexibility index (Phi) is 4.06. The van der Waals surface area contributed by atoms with Gasteiger partial charge in [0.15, 0.2) is 17.4 Å². The van der Waals surface area contributed by atoms with Crippen molar-refractivity contribution in [3.8, 4) is 0 Å². The molecule has 4 unspecified atom stereocenters. The van der Waals surface area contributed by atoms with Gasteiger partial charge in [-0.3, -0.25) is 9.36 Å². The summed E-state index contributed by atoms with van der Waals surface area (Å²) in [4.78, 5) is 42.6. The number of hydrogen-bond donors (Lipinski definition) is 3. The highest BCUT2D eigenvalue weighted by atomic mass is 31.2. The number of aromatic nitrogens is 4. The summed E-state index contributed by atoms with van der Waals surface area (Å²) in [6.07, 6.45) is -3.11. The highest BCUT2D eigenvalue weighted by molar-refractivity contribution is 7.43. The SMILES string of the molecule is O=c1[nH]cnc2c1ncn2C1OC(COP(=O)([O-])[O-])C(O)C1O. The number of ether oxygens (including phenoxy) is 1. The minimum atomic E-state index is -5.24. The lowest BCUT2D eigenvalue weighted by atomic mass is 10.1. The summed E-state index contributed by atoms with van der Waals surface area (Å²) in [5.74, 6) is 0. The van der Waals surface area contributed by atoms with Crippen molar-refractivity contribution in [2.45, 2.75) is 24.5 Å². The van der Waals surface area contributed by atoms with Crippen LogP contribution in [0.5, 0.6) is 0 Å². The van der Waals surface area contributed by atoms with Crippen molar-refractivity contribution in [2.24, 2.45) is 0 Å². The molecule has 126 valence electrons. The smallest absolute Gasteiger partial charge is 0.278 e. The summed E-state index contributed by atoms with van der Waals surface area (Å²) >= 11 is 0. The average Bonchev–Trinajstić information content (AvgIpc) is 3.01. The van der Waals surface area contributed by atoms with Crippen LogP contribution in [0.1, 0.15) is 6.23 Å². The second-order valence-electron chi connectivity index (χ2n) is 4.84. The van der Waals surface area contributed by atoms with Gasteiger partial charge < -0.3 is 38.8 Å². The first-order chi connectivity index (χ1) is 10.8. The summed E-state index contributed by atoms with van der Waals surface area (Å²) in [5, 5.41) is 19.9. The topological polar surface area (TPSA) is 186 Å². The monoisotopic (exact) mass is 346 g/mol. The number of H-pyrrole nitrogens is 1. The van der Waals surface area contributed by atoms with Crippen LogP contribution in [0.3, 0.4) is 0 Å². The van der Waals surface area contributed by atoms with Crippen LogP contribution < -0.4 is 15.3 Å². The van der Waals surface area contributed by atoms with Gasteiger partial charge in [0.05, 0.1) is 27.1 Å². The standard InChI is InChI=1S/C10H13N4O8P/c15-6-4(1-21-23(18,19)20)22-10(7(6)16)14-3-13-5-8(14)11-2-12-9(5)17/h2-4,6-7,10,15-16H,1H2,(H,11,12,17)(H2,18,19,20)/p-2. The molecule has 1 aliphatic rings. The Morgan fingerprint density at radius 3 is 2.83 bits per heavy atom. The van der Waals surface area contributed by atoms with Crippen LogP contribution in [0.4, 0.5) is 0 Å². The number of rotatable bonds is 4. The maximum absolute atomic E-state index is 11.6. The fourth-order valence-corrected chi connectivity index (χ4v) is 2.64. The molecule has 0 bridgehead atoms. The summed E-state index contributed by atoms with van der Waals surface area (Å²) in [7, 11) is -5.24. The van der Waals surface area contributed by atoms with Gasteiger partial charge in [-0.05, 0) is 0 Å². The molecule has 0 aromatic carbocycles. The molecule has 2 aromatic heterocycles. The van der Waals surface area contributed by atoms with E-state index in [4.69, 9.17) is 4.74 Å². The molecular weight excluding hydrogens is 335 g/mol. The van der Waals surface area contributed by atoms with Crippen LogP contribution in [0.15, 0.2) is 17.4 Å². The van der Waals surface area contributed by atoms with Crippen LogP contribution in [0, 0.1) is 0 Å². The predicted octanol–water partition coefficient (Wildman–Crippen LogP) is -3.42. The molecule has 3 N–H and O–H groups in total. The fraction of sp³-hybridized carbons (Fsp3) is 0.500. The molecule has 1 fully saturated rings. The highest BCUT2D eigenvalue weighted by Crippen LogP contribution is 2.33. The zero-order valence-electron chi connectivity index (χ0n) is 11.3. The molecule has 4 atom stereocenters. The first-order valence-electron chi connectivity index (χ1n) is 6.36. The Labute approximate surface area is 127 Å². The normalized spacial score (nSPS) is 28.5. The van der Waals surface area contributed by atoms with E-state index in [9.17, 15) is 29.4 Å². The van der Waals surface area contributed by atoms with Gasteiger partial charge in [-0.2, -0.15) is 0 Å². The first-order valence-corrected chi connectivity index (χ1v) is 7.82. The Morgan fingerprint density at radius 2 is 2.13 bits per heavy atom. The number of aliphatic hydroxyl groups excluding tert-OH is 2. The van der Waals surface area contributed by atoms with E-state index in [2.05, 4.69) is 19.5 Å². The van der Waals surface area contributed by atoms with Gasteiger partial charge in [-0.25, -0.2) is 9.97 Å². The third kappa shape index (κ3) is 3.05. The van der Waals surface area contributed by atoms with E-state index in [0.29, 0.717) is 0 Å². The first kappa shape index (κ1) is 16.2. The predicted molar refractivity (Wildman–Crippen MR) is 67.6 cm³/mol. The number of nitrogens with zero attached hydrogens (tertiary/aromatic N) is 3. The zero-order valence-corrected chi connectivity index (χ0v) is 12.2. The van der Waals surface area contributed by atoms with Crippen LogP contribution in [-0.2, 0) is 13.8 Å². The third-order valence-corrected chi connectivity index (χ3v) is 3.84. The number of aliphatic hydroxyl groups is 2. The van der Waals surface area contributed by atoms with Gasteiger partial charge >= 0.3 is 0 Å². The lowest BCUT2D eigenvalue weighted by Gasteiger charge is -2.30. The maximum Gasteiger partial charge on any atom is 0.278 e. The van der Waals surface area contributed by atoms with Crippen LogP contribution >= 0.6 is 7.82 Å². The van der Waals surface area contributed by atoms with Crippen LogP contribution in [-0.4, -0.2) is 54.7 Å². The van der Waals surface area contributed by atoms with E-state index in [1.165, 1.54) is 10.9 Å². The van der Waals surface area contributed by atoms with Gasteiger partial charge in [0.2, 0.25) is 0 Å². The van der Waals surface area contributed by atoms with E-state index in [-0.39, 0.29) is 11.2 Å². The Balaban J connectivity index is 1.87. The second-order valence-corrected chi connectivity index (χ2v) is 6.00. The molecule has 1 saturated heterocycles. The summed E-state index contributed by atoms with van der Waals surface area (Å²) in [6.45, 7) is -0.750. The van der Waals surface area contributed by atoms with E-state index < -0.39 is 44.5 Å². The zero-order chi connectivity index (χ0) is 16.8. The van der Waals surface area contributed by atoms with Crippen molar-refractivity contribution in [3.05, 3.63) is 23.0 Å². The number of phosphoric acid groups is 1. The molecule has 0 spiro atoms. The number of phosphoric ester groups is 1. The number of hydrogen-bond acceptors (Lipinski definition) is 10. The molecule has 12 nitrogen and oxygen atoms in total. The largest absolute Gasteiger partial charge is 0.790 e. The van der Waals surface area contributed by atoms with E-state index in [1.54, 1.807) is 0 Å². The Hall–Kier alpha value is -1.66. The van der Waals surface area contributed by atoms with Crippen molar-refractivity contribution in [1.82, 2.24) is 19.5 Å². The van der Waals surface area contributed by atoms with Crippen LogP contribution in [0.25, 0.3) is 11.2 Å². The van der Waals surface area contributed by atoms with E-state index >= 15 is 0 Å². The molecule has 1 aliphatic heterocycles. The maximum atomic E-state index is 11.6. The van der Waals surface area contributed by atoms with Crippen molar-refractivity contribution in [1.29, 1.82) is 0 Å². The summed E-state index contributed by atoms with van der Waals surface area (Å²) in [6, 6.07) is 0. The minimum absolute atomic E-state index is 0.00103. The Morgan fingerprint density at radius 1 is 1.39 bits per heavy atom. The molecule has 2 aromatic rings. The van der Waals surface area contributed by atoms with E-state index in [0.717, 1.165) is 6.33 Å². The fourth-order valence-electron chi connectivity index (χ4n) is 2.31. The molecule has 0 amide bonds. The lowest BCUT2D eigenvalue weighted by molar-refractivity contribution is -0.343. The number of aromatic amines is 1. The van der Waals surface area contributed by atoms with Gasteiger partial charge in [0.25, 0.3) is 5.56 Å². The third-order valence-electron chi connectivity index (χ3n) is 3.37. The van der Waals surface area contributed by atoms with Gasteiger partial charge in [0.1, 0.15) is 18.3 Å². The number of fused-ring (bicyclic) bond motifs is 1. The molecule has 3 heterocycles. The lowest BCUT2D eigenvalue weighted by Crippen LogP contribution is -2.34. The van der Waals surface area contributed by atoms with E-state index in [1.807, 2.05) is 0 Å². The quantitative estimate of drug-likeness (QED) is 0.471. The van der Waals surface area contributed by atoms with Gasteiger partial charge in [-0.15, -0.1) is 0 Å². The molecule has 0 radical (unpaired) electrons. The van der Waals surface area contributed by atoms with Crippen molar-refractivity contribution < 1.29 is 33.8 Å². The molecule has 0 aliphatic carbocycles. The van der Waals surface area contributed by atoms with Crippen molar-refractivity contribution in [3.63, 3.8) is 0 Å². The average molecular weight is 346 g/mol. The van der Waals surface area contributed by atoms with Crippen LogP contribution in [0.2, 0.25) is 0 Å². The molecule has 0 saturated carbocycles. The van der Waals surface area contributed by atoms with Gasteiger partial charge in [0, 0.05) is 0 Å². The number of nitrogens with one attached hydrogen (secondary N) is 1.